The molecule has 2 aliphatic carbocycles. The molecular formula is C28H34. The van der Waals surface area contributed by atoms with Crippen molar-refractivity contribution in [1.82, 2.24) is 0 Å². The highest BCUT2D eigenvalue weighted by molar-refractivity contribution is 5.87. The Morgan fingerprint density at radius 2 is 1.39 bits per heavy atom. The summed E-state index contributed by atoms with van der Waals surface area (Å²) >= 11 is 0. The van der Waals surface area contributed by atoms with E-state index in [0.29, 0.717) is 5.92 Å². The SMILES string of the molecule is CC1=CC(C)C(c2cc(C(C)(C)C)cc3c2Cc2ccc(C(C)(C)C)cc2-3)=C1. The molecule has 0 heteroatoms. The van der Waals surface area contributed by atoms with Gasteiger partial charge in [-0.3, -0.25) is 0 Å². The van der Waals surface area contributed by atoms with Crippen molar-refractivity contribution >= 4 is 5.57 Å². The summed E-state index contributed by atoms with van der Waals surface area (Å²) in [7, 11) is 0. The van der Waals surface area contributed by atoms with Crippen LogP contribution in [0.25, 0.3) is 16.7 Å². The summed E-state index contributed by atoms with van der Waals surface area (Å²) in [6.45, 7) is 18.5. The number of hydrogen-bond acceptors (Lipinski definition) is 0. The lowest BCUT2D eigenvalue weighted by atomic mass is 9.80. The largest absolute Gasteiger partial charge is 0.0743 e. The summed E-state index contributed by atoms with van der Waals surface area (Å²) in [6.07, 6.45) is 5.85. The zero-order chi connectivity index (χ0) is 20.4. The number of hydrogen-bond donors (Lipinski definition) is 0. The van der Waals surface area contributed by atoms with Gasteiger partial charge in [-0.1, -0.05) is 96.5 Å². The predicted molar refractivity (Wildman–Crippen MR) is 123 cm³/mol. The van der Waals surface area contributed by atoms with Gasteiger partial charge < -0.3 is 0 Å². The third-order valence-electron chi connectivity index (χ3n) is 6.45. The molecule has 0 radical (unpaired) electrons. The summed E-state index contributed by atoms with van der Waals surface area (Å²) < 4.78 is 0. The van der Waals surface area contributed by atoms with Crippen LogP contribution >= 0.6 is 0 Å². The van der Waals surface area contributed by atoms with Crippen LogP contribution in [0.1, 0.15) is 83.2 Å². The van der Waals surface area contributed by atoms with Crippen LogP contribution in [-0.4, -0.2) is 0 Å². The van der Waals surface area contributed by atoms with Crippen molar-refractivity contribution in [3.63, 3.8) is 0 Å². The summed E-state index contributed by atoms with van der Waals surface area (Å²) in [5.41, 5.74) is 13.4. The average molecular weight is 371 g/mol. The molecule has 146 valence electrons. The molecule has 0 saturated heterocycles. The van der Waals surface area contributed by atoms with Crippen LogP contribution in [-0.2, 0) is 17.3 Å². The van der Waals surface area contributed by atoms with Crippen molar-refractivity contribution in [2.75, 3.05) is 0 Å². The first-order chi connectivity index (χ1) is 12.9. The van der Waals surface area contributed by atoms with Gasteiger partial charge in [0.05, 0.1) is 0 Å². The lowest BCUT2D eigenvalue weighted by Gasteiger charge is -2.24. The van der Waals surface area contributed by atoms with Gasteiger partial charge in [0.1, 0.15) is 0 Å². The lowest BCUT2D eigenvalue weighted by Crippen LogP contribution is -2.13. The van der Waals surface area contributed by atoms with E-state index in [1.807, 2.05) is 0 Å². The molecule has 0 spiro atoms. The quantitative estimate of drug-likeness (QED) is 0.409. The van der Waals surface area contributed by atoms with E-state index in [9.17, 15) is 0 Å². The lowest BCUT2D eigenvalue weighted by molar-refractivity contribution is 0.589. The fraction of sp³-hybridized carbons (Fsp3) is 0.429. The Hall–Kier alpha value is -2.08. The van der Waals surface area contributed by atoms with Crippen LogP contribution in [0.3, 0.4) is 0 Å². The van der Waals surface area contributed by atoms with Gasteiger partial charge in [-0.05, 0) is 68.7 Å². The molecule has 0 saturated carbocycles. The highest BCUT2D eigenvalue weighted by atomic mass is 14.3. The van der Waals surface area contributed by atoms with Gasteiger partial charge in [-0.2, -0.15) is 0 Å². The Bertz CT molecular complexity index is 1010. The number of benzene rings is 2. The minimum atomic E-state index is 0.138. The van der Waals surface area contributed by atoms with Crippen LogP contribution in [0.5, 0.6) is 0 Å². The minimum Gasteiger partial charge on any atom is -0.0743 e. The van der Waals surface area contributed by atoms with E-state index in [2.05, 4.69) is 97.9 Å². The van der Waals surface area contributed by atoms with Crippen molar-refractivity contribution in [3.8, 4) is 11.1 Å². The van der Waals surface area contributed by atoms with E-state index in [4.69, 9.17) is 0 Å². The third kappa shape index (κ3) is 3.17. The minimum absolute atomic E-state index is 0.138. The van der Waals surface area contributed by atoms with Crippen molar-refractivity contribution in [2.24, 2.45) is 5.92 Å². The molecule has 0 aliphatic heterocycles. The maximum atomic E-state index is 2.48. The molecule has 0 nitrogen and oxygen atoms in total. The molecule has 1 unspecified atom stereocenters. The number of allylic oxidation sites excluding steroid dienone is 4. The van der Waals surface area contributed by atoms with E-state index >= 15 is 0 Å². The zero-order valence-electron chi connectivity index (χ0n) is 18.8. The monoisotopic (exact) mass is 370 g/mol. The molecule has 4 rings (SSSR count). The van der Waals surface area contributed by atoms with Gasteiger partial charge in [0.25, 0.3) is 0 Å². The first kappa shape index (κ1) is 19.2. The Morgan fingerprint density at radius 3 is 1.96 bits per heavy atom. The van der Waals surface area contributed by atoms with Crippen molar-refractivity contribution < 1.29 is 0 Å². The maximum Gasteiger partial charge on any atom is 0.000141 e. The van der Waals surface area contributed by atoms with Crippen molar-refractivity contribution in [1.29, 1.82) is 0 Å². The average Bonchev–Trinajstić information content (AvgIpc) is 3.11. The normalized spacial score (nSPS) is 18.6. The van der Waals surface area contributed by atoms with Gasteiger partial charge in [0.15, 0.2) is 0 Å². The van der Waals surface area contributed by atoms with E-state index in [0.717, 1.165) is 6.42 Å². The Morgan fingerprint density at radius 1 is 0.786 bits per heavy atom. The summed E-state index contributed by atoms with van der Waals surface area (Å²) in [4.78, 5) is 0. The fourth-order valence-electron chi connectivity index (χ4n) is 4.66. The van der Waals surface area contributed by atoms with E-state index in [1.54, 1.807) is 0 Å². The highest BCUT2D eigenvalue weighted by Crippen LogP contribution is 2.46. The molecule has 0 N–H and O–H groups in total. The van der Waals surface area contributed by atoms with E-state index in [1.165, 1.54) is 50.1 Å². The van der Waals surface area contributed by atoms with Gasteiger partial charge in [-0.25, -0.2) is 0 Å². The Balaban J connectivity index is 1.96. The van der Waals surface area contributed by atoms with Crippen LogP contribution in [0.4, 0.5) is 0 Å². The van der Waals surface area contributed by atoms with Gasteiger partial charge in [-0.15, -0.1) is 0 Å². The third-order valence-corrected chi connectivity index (χ3v) is 6.45. The van der Waals surface area contributed by atoms with Crippen LogP contribution in [0.2, 0.25) is 0 Å². The Labute approximate surface area is 171 Å². The second-order valence-corrected chi connectivity index (χ2v) is 10.9. The first-order valence-electron chi connectivity index (χ1n) is 10.7. The molecule has 0 amide bonds. The molecule has 28 heavy (non-hydrogen) atoms. The molecule has 2 aromatic rings. The topological polar surface area (TPSA) is 0 Å². The van der Waals surface area contributed by atoms with Crippen molar-refractivity contribution in [3.05, 3.63) is 75.9 Å². The Kier molecular flexibility index (Phi) is 4.27. The van der Waals surface area contributed by atoms with Gasteiger partial charge >= 0.3 is 0 Å². The van der Waals surface area contributed by atoms with Crippen LogP contribution < -0.4 is 0 Å². The molecule has 2 aliphatic rings. The number of fused-ring (bicyclic) bond motifs is 3. The maximum absolute atomic E-state index is 2.48. The molecule has 0 heterocycles. The van der Waals surface area contributed by atoms with E-state index < -0.39 is 0 Å². The first-order valence-corrected chi connectivity index (χ1v) is 10.7. The second kappa shape index (κ2) is 6.21. The molecule has 0 aromatic heterocycles. The van der Waals surface area contributed by atoms with Gasteiger partial charge in [0, 0.05) is 5.92 Å². The van der Waals surface area contributed by atoms with Gasteiger partial charge in [0.2, 0.25) is 0 Å². The predicted octanol–water partition coefficient (Wildman–Crippen LogP) is 7.83. The van der Waals surface area contributed by atoms with Crippen LogP contribution in [0, 0.1) is 5.92 Å². The second-order valence-electron chi connectivity index (χ2n) is 10.9. The standard InChI is InChI=1S/C28H34/c1-17-11-18(2)22(12-17)25-15-21(28(6,7)8)16-26-23-14-20(27(3,4)5)10-9-19(23)13-24(25)26/h9-12,14-16,18H,13H2,1-8H3. The summed E-state index contributed by atoms with van der Waals surface area (Å²) in [5, 5.41) is 0. The molecular weight excluding hydrogens is 336 g/mol. The fourth-order valence-corrected chi connectivity index (χ4v) is 4.66. The molecule has 1 atom stereocenters. The van der Waals surface area contributed by atoms with E-state index in [-0.39, 0.29) is 10.8 Å². The number of rotatable bonds is 1. The zero-order valence-corrected chi connectivity index (χ0v) is 18.8. The molecule has 0 bridgehead atoms. The highest BCUT2D eigenvalue weighted by Gasteiger charge is 2.29. The van der Waals surface area contributed by atoms with Crippen LogP contribution in [0.15, 0.2) is 48.1 Å². The van der Waals surface area contributed by atoms with Crippen molar-refractivity contribution in [2.45, 2.75) is 72.6 Å². The smallest absolute Gasteiger partial charge is 0.000141 e. The summed E-state index contributed by atoms with van der Waals surface area (Å²) in [5.74, 6) is 0.494. The summed E-state index contributed by atoms with van der Waals surface area (Å²) in [6, 6.07) is 12.1. The molecule has 2 aromatic carbocycles. The molecule has 0 fully saturated rings.